The molecule has 0 saturated carbocycles. The Balaban J connectivity index is 5.71. The third kappa shape index (κ3) is 10.4. The number of rotatable bonds is 17. The second kappa shape index (κ2) is 14.1. The monoisotopic (exact) mass is 401 g/mol. The Labute approximate surface area is 172 Å². The van der Waals surface area contributed by atoms with Gasteiger partial charge in [0.25, 0.3) is 0 Å². The van der Waals surface area contributed by atoms with Crippen molar-refractivity contribution in [3.63, 3.8) is 0 Å². The quantitative estimate of drug-likeness (QED) is 0.331. The van der Waals surface area contributed by atoms with E-state index < -0.39 is 8.32 Å². The smallest absolute Gasteiger partial charge is 0.186 e. The molecule has 164 valence electrons. The summed E-state index contributed by atoms with van der Waals surface area (Å²) in [6.45, 7) is 32.1. The van der Waals surface area contributed by atoms with Crippen LogP contribution in [0.4, 0.5) is 0 Å². The number of nitrogens with zero attached hydrogens (tertiary/aromatic N) is 3. The summed E-state index contributed by atoms with van der Waals surface area (Å²) in [5.74, 6) is 0. The lowest BCUT2D eigenvalue weighted by molar-refractivity contribution is 0.0579. The first-order chi connectivity index (χ1) is 12.7. The molecule has 5 heteroatoms. The molecule has 0 bridgehead atoms. The van der Waals surface area contributed by atoms with Crippen LogP contribution in [0.2, 0.25) is 19.1 Å². The van der Waals surface area contributed by atoms with Gasteiger partial charge < -0.3 is 19.1 Å². The Hall–Kier alpha value is 0.0569. The van der Waals surface area contributed by atoms with Crippen LogP contribution in [0.5, 0.6) is 0 Å². The van der Waals surface area contributed by atoms with Crippen molar-refractivity contribution in [3.8, 4) is 0 Å². The van der Waals surface area contributed by atoms with Gasteiger partial charge in [-0.25, -0.2) is 0 Å². The molecule has 0 aromatic rings. The second-order valence-corrected chi connectivity index (χ2v) is 12.9. The molecule has 0 aliphatic rings. The van der Waals surface area contributed by atoms with Crippen molar-refractivity contribution in [1.29, 1.82) is 0 Å². The highest BCUT2D eigenvalue weighted by atomic mass is 28.4. The highest BCUT2D eigenvalue weighted by molar-refractivity contribution is 6.71. The van der Waals surface area contributed by atoms with E-state index in [0.717, 1.165) is 45.9 Å². The summed E-state index contributed by atoms with van der Waals surface area (Å²) in [5.41, 5.74) is 0.311. The van der Waals surface area contributed by atoms with E-state index in [2.05, 4.69) is 76.3 Å². The Morgan fingerprint density at radius 1 is 0.630 bits per heavy atom. The summed E-state index contributed by atoms with van der Waals surface area (Å²) < 4.78 is 6.20. The van der Waals surface area contributed by atoms with E-state index in [1.54, 1.807) is 0 Å². The molecule has 27 heavy (non-hydrogen) atoms. The van der Waals surface area contributed by atoms with Gasteiger partial charge >= 0.3 is 0 Å². The predicted octanol–water partition coefficient (Wildman–Crippen LogP) is 4.63. The van der Waals surface area contributed by atoms with Gasteiger partial charge in [-0.1, -0.05) is 41.5 Å². The zero-order chi connectivity index (χ0) is 20.9. The summed E-state index contributed by atoms with van der Waals surface area (Å²) in [6.07, 6.45) is 1.27. The third-order valence-corrected chi connectivity index (χ3v) is 8.68. The fourth-order valence-electron chi connectivity index (χ4n) is 4.18. The fraction of sp³-hybridized carbons (Fsp3) is 1.00. The third-order valence-electron chi connectivity index (χ3n) is 6.15. The maximum atomic E-state index is 6.20. The van der Waals surface area contributed by atoms with Gasteiger partial charge in [0.15, 0.2) is 8.32 Å². The minimum absolute atomic E-state index is 0.311. The van der Waals surface area contributed by atoms with E-state index in [1.165, 1.54) is 32.1 Å². The topological polar surface area (TPSA) is 19.0 Å². The normalized spacial score (nSPS) is 13.3. The molecule has 0 amide bonds. The van der Waals surface area contributed by atoms with Gasteiger partial charge in [0, 0.05) is 31.7 Å². The first kappa shape index (κ1) is 27.1. The molecule has 0 rings (SSSR count). The predicted molar refractivity (Wildman–Crippen MR) is 124 cm³/mol. The Morgan fingerprint density at radius 2 is 0.963 bits per heavy atom. The molecule has 0 aromatic heterocycles. The Kier molecular flexibility index (Phi) is 14.1. The highest BCUT2D eigenvalue weighted by Gasteiger charge is 2.37. The first-order valence-electron chi connectivity index (χ1n) is 11.6. The Bertz CT molecular complexity index is 317. The molecule has 0 fully saturated rings. The van der Waals surface area contributed by atoms with Crippen LogP contribution in [-0.4, -0.2) is 88.5 Å². The standard InChI is InChI=1S/C22H51N3OSi/c1-10-23(11-2)19-22(20-24(12-3)13-4,21-25(14-5)15-6)17-18-27(8,9)26-16-7/h10-21H2,1-9H3. The van der Waals surface area contributed by atoms with E-state index in [9.17, 15) is 0 Å². The molecular formula is C22H51N3OSi. The van der Waals surface area contributed by atoms with Gasteiger partial charge in [0.2, 0.25) is 0 Å². The van der Waals surface area contributed by atoms with Gasteiger partial charge in [0.1, 0.15) is 0 Å². The highest BCUT2D eigenvalue weighted by Crippen LogP contribution is 2.32. The van der Waals surface area contributed by atoms with Crippen LogP contribution in [0.15, 0.2) is 0 Å². The summed E-state index contributed by atoms with van der Waals surface area (Å²) in [4.78, 5) is 7.92. The van der Waals surface area contributed by atoms with Crippen molar-refractivity contribution < 1.29 is 4.43 Å². The summed E-state index contributed by atoms with van der Waals surface area (Å²) in [6, 6.07) is 1.25. The average Bonchev–Trinajstić information content (AvgIpc) is 2.66. The minimum Gasteiger partial charge on any atom is -0.418 e. The first-order valence-corrected chi connectivity index (χ1v) is 14.7. The summed E-state index contributed by atoms with van der Waals surface area (Å²) in [5, 5.41) is 0. The van der Waals surface area contributed by atoms with Crippen molar-refractivity contribution >= 4 is 8.32 Å². The fourth-order valence-corrected chi connectivity index (χ4v) is 6.24. The van der Waals surface area contributed by atoms with Crippen LogP contribution >= 0.6 is 0 Å². The van der Waals surface area contributed by atoms with Gasteiger partial charge in [0.05, 0.1) is 0 Å². The van der Waals surface area contributed by atoms with Crippen molar-refractivity contribution in [1.82, 2.24) is 14.7 Å². The van der Waals surface area contributed by atoms with E-state index in [1.807, 2.05) is 0 Å². The molecular weight excluding hydrogens is 350 g/mol. The molecule has 0 spiro atoms. The molecule has 0 aliphatic carbocycles. The van der Waals surface area contributed by atoms with E-state index >= 15 is 0 Å². The molecule has 0 unspecified atom stereocenters. The van der Waals surface area contributed by atoms with Crippen molar-refractivity contribution in [2.24, 2.45) is 5.41 Å². The largest absolute Gasteiger partial charge is 0.418 e. The average molecular weight is 402 g/mol. The van der Waals surface area contributed by atoms with E-state index in [4.69, 9.17) is 4.43 Å². The molecule has 0 atom stereocenters. The van der Waals surface area contributed by atoms with Crippen LogP contribution in [0.1, 0.15) is 54.9 Å². The van der Waals surface area contributed by atoms with Crippen LogP contribution in [-0.2, 0) is 4.43 Å². The SMILES string of the molecule is CCO[Si](C)(C)CCC(CN(CC)CC)(CN(CC)CC)CN(CC)CC. The molecule has 0 heterocycles. The van der Waals surface area contributed by atoms with Crippen LogP contribution in [0, 0.1) is 5.41 Å². The lowest BCUT2D eigenvalue weighted by Gasteiger charge is -2.45. The van der Waals surface area contributed by atoms with Crippen molar-refractivity contribution in [3.05, 3.63) is 0 Å². The summed E-state index contributed by atoms with van der Waals surface area (Å²) >= 11 is 0. The molecule has 0 radical (unpaired) electrons. The molecule has 4 nitrogen and oxygen atoms in total. The van der Waals surface area contributed by atoms with Crippen molar-refractivity contribution in [2.45, 2.75) is 74.0 Å². The van der Waals surface area contributed by atoms with Gasteiger partial charge in [-0.05, 0) is 71.8 Å². The molecule has 0 saturated heterocycles. The number of hydrogen-bond acceptors (Lipinski definition) is 4. The lowest BCUT2D eigenvalue weighted by atomic mass is 9.82. The number of hydrogen-bond donors (Lipinski definition) is 0. The lowest BCUT2D eigenvalue weighted by Crippen LogP contribution is -2.52. The maximum absolute atomic E-state index is 6.20. The molecule has 0 aromatic carbocycles. The van der Waals surface area contributed by atoms with E-state index in [0.29, 0.717) is 5.41 Å². The van der Waals surface area contributed by atoms with Gasteiger partial charge in [-0.2, -0.15) is 0 Å². The maximum Gasteiger partial charge on any atom is 0.186 e. The zero-order valence-electron chi connectivity index (χ0n) is 20.2. The van der Waals surface area contributed by atoms with Crippen molar-refractivity contribution in [2.75, 3.05) is 65.5 Å². The van der Waals surface area contributed by atoms with Gasteiger partial charge in [-0.3, -0.25) is 0 Å². The minimum atomic E-state index is -1.58. The zero-order valence-corrected chi connectivity index (χ0v) is 21.2. The van der Waals surface area contributed by atoms with Crippen LogP contribution < -0.4 is 0 Å². The molecule has 0 N–H and O–H groups in total. The second-order valence-electron chi connectivity index (χ2n) is 8.58. The van der Waals surface area contributed by atoms with E-state index in [-0.39, 0.29) is 0 Å². The van der Waals surface area contributed by atoms with Crippen LogP contribution in [0.3, 0.4) is 0 Å². The summed E-state index contributed by atoms with van der Waals surface area (Å²) in [7, 11) is -1.58. The molecule has 0 aliphatic heterocycles. The van der Waals surface area contributed by atoms with Crippen LogP contribution in [0.25, 0.3) is 0 Å². The Morgan fingerprint density at radius 3 is 1.22 bits per heavy atom. The van der Waals surface area contributed by atoms with Gasteiger partial charge in [-0.15, -0.1) is 0 Å².